The highest BCUT2D eigenvalue weighted by atomic mass is 19.4. The van der Waals surface area contributed by atoms with Crippen molar-refractivity contribution < 1.29 is 17.9 Å². The van der Waals surface area contributed by atoms with Gasteiger partial charge in [-0.1, -0.05) is 6.92 Å². The fourth-order valence-electron chi connectivity index (χ4n) is 2.41. The maximum Gasteiger partial charge on any atom is 0.416 e. The molecule has 1 aromatic rings. The molecule has 1 aliphatic heterocycles. The van der Waals surface area contributed by atoms with E-state index in [4.69, 9.17) is 4.74 Å². The monoisotopic (exact) mass is 259 g/mol. The maximum atomic E-state index is 12.6. The van der Waals surface area contributed by atoms with Gasteiger partial charge in [-0.2, -0.15) is 13.2 Å². The summed E-state index contributed by atoms with van der Waals surface area (Å²) >= 11 is 0. The summed E-state index contributed by atoms with van der Waals surface area (Å²) in [5, 5.41) is 3.28. The first-order valence-corrected chi connectivity index (χ1v) is 5.87. The summed E-state index contributed by atoms with van der Waals surface area (Å²) in [5.74, 6) is 0. The second kappa shape index (κ2) is 4.46. The van der Waals surface area contributed by atoms with Crippen molar-refractivity contribution in [2.24, 2.45) is 0 Å². The summed E-state index contributed by atoms with van der Waals surface area (Å²) in [6.07, 6.45) is -2.92. The van der Waals surface area contributed by atoms with Gasteiger partial charge in [0, 0.05) is 12.8 Å². The van der Waals surface area contributed by atoms with Crippen LogP contribution in [0.5, 0.6) is 0 Å². The minimum atomic E-state index is -4.28. The Hall–Kier alpha value is -1.23. The largest absolute Gasteiger partial charge is 0.416 e. The van der Waals surface area contributed by atoms with E-state index in [9.17, 15) is 13.2 Å². The van der Waals surface area contributed by atoms with Crippen LogP contribution in [-0.4, -0.2) is 19.3 Å². The van der Waals surface area contributed by atoms with E-state index in [-0.39, 0.29) is 5.54 Å². The molecule has 1 aliphatic rings. The predicted molar refractivity (Wildman–Crippen MR) is 63.7 cm³/mol. The van der Waals surface area contributed by atoms with Gasteiger partial charge in [-0.15, -0.1) is 0 Å². The Bertz CT molecular complexity index is 444. The smallest absolute Gasteiger partial charge is 0.382 e. The molecule has 1 unspecified atom stereocenters. The number of halogens is 3. The van der Waals surface area contributed by atoms with Crippen LogP contribution in [0.2, 0.25) is 0 Å². The van der Waals surface area contributed by atoms with Gasteiger partial charge in [0.05, 0.1) is 17.7 Å². The van der Waals surface area contributed by atoms with E-state index in [0.717, 1.165) is 18.2 Å². The van der Waals surface area contributed by atoms with Crippen LogP contribution < -0.4 is 5.32 Å². The fourth-order valence-corrected chi connectivity index (χ4v) is 2.41. The highest BCUT2D eigenvalue weighted by molar-refractivity contribution is 5.60. The Morgan fingerprint density at radius 3 is 2.67 bits per heavy atom. The minimum absolute atomic E-state index is 0.276. The number of fused-ring (bicyclic) bond motifs is 1. The zero-order valence-electron chi connectivity index (χ0n) is 10.4. The van der Waals surface area contributed by atoms with Crippen LogP contribution in [0.1, 0.15) is 24.5 Å². The quantitative estimate of drug-likeness (QED) is 0.897. The summed E-state index contributed by atoms with van der Waals surface area (Å²) < 4.78 is 43.1. The molecular weight excluding hydrogens is 243 g/mol. The average molecular weight is 259 g/mol. The van der Waals surface area contributed by atoms with Gasteiger partial charge in [0.2, 0.25) is 0 Å². The standard InChI is InChI=1S/C13H16F3NO/c1-3-12(8-18-2)7-9-6-10(13(14,15)16)4-5-11(9)17-12/h4-6,17H,3,7-8H2,1-2H3. The lowest BCUT2D eigenvalue weighted by Gasteiger charge is -2.27. The Morgan fingerprint density at radius 2 is 2.11 bits per heavy atom. The van der Waals surface area contributed by atoms with Gasteiger partial charge in [-0.3, -0.25) is 0 Å². The Labute approximate surface area is 104 Å². The van der Waals surface area contributed by atoms with Crippen molar-refractivity contribution in [3.8, 4) is 0 Å². The minimum Gasteiger partial charge on any atom is -0.382 e. The second-order valence-corrected chi connectivity index (χ2v) is 4.74. The van der Waals surface area contributed by atoms with E-state index < -0.39 is 11.7 Å². The van der Waals surface area contributed by atoms with Gasteiger partial charge < -0.3 is 10.1 Å². The van der Waals surface area contributed by atoms with E-state index in [2.05, 4.69) is 5.32 Å². The average Bonchev–Trinajstić information content (AvgIpc) is 2.66. The molecule has 1 heterocycles. The van der Waals surface area contributed by atoms with Gasteiger partial charge in [-0.25, -0.2) is 0 Å². The lowest BCUT2D eigenvalue weighted by molar-refractivity contribution is -0.137. The summed E-state index contributed by atoms with van der Waals surface area (Å²) in [6, 6.07) is 3.85. The Balaban J connectivity index is 2.30. The number of hydrogen-bond acceptors (Lipinski definition) is 2. The number of anilines is 1. The van der Waals surface area contributed by atoms with Crippen LogP contribution in [0.15, 0.2) is 18.2 Å². The van der Waals surface area contributed by atoms with E-state index in [0.29, 0.717) is 18.6 Å². The van der Waals surface area contributed by atoms with Crippen LogP contribution in [0.3, 0.4) is 0 Å². The molecule has 0 aliphatic carbocycles. The van der Waals surface area contributed by atoms with Crippen molar-refractivity contribution in [3.05, 3.63) is 29.3 Å². The number of alkyl halides is 3. The predicted octanol–water partition coefficient (Wildman–Crippen LogP) is 3.47. The van der Waals surface area contributed by atoms with E-state index >= 15 is 0 Å². The first kappa shape index (κ1) is 13.2. The molecular formula is C13H16F3NO. The molecule has 0 saturated carbocycles. The molecule has 0 bridgehead atoms. The van der Waals surface area contributed by atoms with Gasteiger partial charge in [0.1, 0.15) is 0 Å². The lowest BCUT2D eigenvalue weighted by atomic mass is 9.93. The Kier molecular flexibility index (Phi) is 3.27. The van der Waals surface area contributed by atoms with Crippen molar-refractivity contribution in [2.45, 2.75) is 31.5 Å². The summed E-state index contributed by atoms with van der Waals surface area (Å²) in [4.78, 5) is 0. The normalized spacial score (nSPS) is 22.7. The number of hydrogen-bond donors (Lipinski definition) is 1. The molecule has 0 amide bonds. The number of rotatable bonds is 3. The van der Waals surface area contributed by atoms with Gasteiger partial charge >= 0.3 is 6.18 Å². The van der Waals surface area contributed by atoms with Crippen molar-refractivity contribution in [1.29, 1.82) is 0 Å². The molecule has 5 heteroatoms. The Morgan fingerprint density at radius 1 is 1.39 bits per heavy atom. The first-order chi connectivity index (χ1) is 8.40. The number of methoxy groups -OCH3 is 1. The van der Waals surface area contributed by atoms with Crippen LogP contribution in [-0.2, 0) is 17.3 Å². The summed E-state index contributed by atoms with van der Waals surface area (Å²) in [7, 11) is 1.60. The molecule has 2 nitrogen and oxygen atoms in total. The molecule has 0 spiro atoms. The zero-order valence-corrected chi connectivity index (χ0v) is 10.4. The molecule has 0 aromatic heterocycles. The first-order valence-electron chi connectivity index (χ1n) is 5.87. The summed E-state index contributed by atoms with van der Waals surface area (Å²) in [5.41, 5.74) is 0.624. The maximum absolute atomic E-state index is 12.6. The molecule has 0 fully saturated rings. The van der Waals surface area contributed by atoms with E-state index in [1.807, 2.05) is 6.92 Å². The molecule has 0 saturated heterocycles. The summed E-state index contributed by atoms with van der Waals surface area (Å²) in [6.45, 7) is 2.49. The van der Waals surface area contributed by atoms with Crippen molar-refractivity contribution in [3.63, 3.8) is 0 Å². The van der Waals surface area contributed by atoms with Crippen LogP contribution in [0.4, 0.5) is 18.9 Å². The molecule has 1 atom stereocenters. The van der Waals surface area contributed by atoms with Crippen molar-refractivity contribution in [2.75, 3.05) is 19.0 Å². The van der Waals surface area contributed by atoms with Crippen molar-refractivity contribution in [1.82, 2.24) is 0 Å². The van der Waals surface area contributed by atoms with Crippen LogP contribution in [0.25, 0.3) is 0 Å². The van der Waals surface area contributed by atoms with E-state index in [1.165, 1.54) is 12.1 Å². The van der Waals surface area contributed by atoms with Crippen LogP contribution in [0, 0.1) is 0 Å². The molecule has 2 rings (SSSR count). The SMILES string of the molecule is CCC1(COC)Cc2cc(C(F)(F)F)ccc2N1. The number of nitrogens with one attached hydrogen (secondary N) is 1. The molecule has 18 heavy (non-hydrogen) atoms. The molecule has 1 N–H and O–H groups in total. The number of benzene rings is 1. The third-order valence-corrected chi connectivity index (χ3v) is 3.46. The van der Waals surface area contributed by atoms with Crippen LogP contribution >= 0.6 is 0 Å². The topological polar surface area (TPSA) is 21.3 Å². The third-order valence-electron chi connectivity index (χ3n) is 3.46. The molecule has 0 radical (unpaired) electrons. The lowest BCUT2D eigenvalue weighted by Crippen LogP contribution is -2.40. The molecule has 100 valence electrons. The van der Waals surface area contributed by atoms with Gasteiger partial charge in [0.25, 0.3) is 0 Å². The third kappa shape index (κ3) is 2.32. The van der Waals surface area contributed by atoms with Gasteiger partial charge in [0.15, 0.2) is 0 Å². The zero-order chi connectivity index (χ0) is 13.4. The van der Waals surface area contributed by atoms with E-state index in [1.54, 1.807) is 7.11 Å². The van der Waals surface area contributed by atoms with Gasteiger partial charge in [-0.05, 0) is 36.6 Å². The highest BCUT2D eigenvalue weighted by Gasteiger charge is 2.37. The fraction of sp³-hybridized carbons (Fsp3) is 0.538. The highest BCUT2D eigenvalue weighted by Crippen LogP contribution is 2.38. The molecule has 1 aromatic carbocycles. The van der Waals surface area contributed by atoms with Crippen molar-refractivity contribution >= 4 is 5.69 Å². The second-order valence-electron chi connectivity index (χ2n) is 4.74. The number of ether oxygens (including phenoxy) is 1.